The third-order valence-electron chi connectivity index (χ3n) is 3.61. The molecule has 0 saturated carbocycles. The van der Waals surface area contributed by atoms with Crippen LogP contribution in [0.25, 0.3) is 0 Å². The quantitative estimate of drug-likeness (QED) is 0.595. The standard InChI is InChI=1S/C17H19N5O2S2/c1-3-13(15(23)19-16-18-9-10-25-16)26-17-21-20-14(22(17)2)11-24-12-7-5-4-6-8-12/h4-10,13H,3,11H2,1-2H3,(H,18,19,23)/t13-/m0/s1. The molecule has 0 spiro atoms. The van der Waals surface area contributed by atoms with Crippen LogP contribution in [-0.4, -0.2) is 30.9 Å². The zero-order valence-corrected chi connectivity index (χ0v) is 16.1. The van der Waals surface area contributed by atoms with Gasteiger partial charge in [0.15, 0.2) is 16.1 Å². The molecule has 0 aliphatic carbocycles. The number of nitrogens with one attached hydrogen (secondary N) is 1. The van der Waals surface area contributed by atoms with Crippen molar-refractivity contribution in [2.24, 2.45) is 7.05 Å². The summed E-state index contributed by atoms with van der Waals surface area (Å²) in [4.78, 5) is 16.5. The molecule has 0 unspecified atom stereocenters. The third-order valence-corrected chi connectivity index (χ3v) is 5.70. The molecule has 2 aromatic heterocycles. The van der Waals surface area contributed by atoms with E-state index < -0.39 is 0 Å². The summed E-state index contributed by atoms with van der Waals surface area (Å²) in [5.74, 6) is 1.39. The van der Waals surface area contributed by atoms with Crippen molar-refractivity contribution in [2.45, 2.75) is 30.4 Å². The minimum absolute atomic E-state index is 0.0856. The number of anilines is 1. The van der Waals surface area contributed by atoms with Crippen LogP contribution in [0.3, 0.4) is 0 Å². The second-order valence-corrected chi connectivity index (χ2v) is 7.47. The predicted molar refractivity (Wildman–Crippen MR) is 102 cm³/mol. The molecule has 1 aromatic carbocycles. The fraction of sp³-hybridized carbons (Fsp3) is 0.294. The predicted octanol–water partition coefficient (Wildman–Crippen LogP) is 3.36. The molecule has 1 atom stereocenters. The maximum Gasteiger partial charge on any atom is 0.239 e. The molecule has 9 heteroatoms. The zero-order valence-electron chi connectivity index (χ0n) is 14.5. The van der Waals surface area contributed by atoms with Crippen molar-refractivity contribution < 1.29 is 9.53 Å². The van der Waals surface area contributed by atoms with Crippen LogP contribution in [-0.2, 0) is 18.4 Å². The van der Waals surface area contributed by atoms with Gasteiger partial charge in [-0.2, -0.15) is 0 Å². The molecule has 0 fully saturated rings. The van der Waals surface area contributed by atoms with Gasteiger partial charge < -0.3 is 14.6 Å². The van der Waals surface area contributed by atoms with Crippen molar-refractivity contribution in [1.82, 2.24) is 19.7 Å². The zero-order chi connectivity index (χ0) is 18.4. The first-order chi connectivity index (χ1) is 12.7. The number of thioether (sulfide) groups is 1. The molecule has 0 bridgehead atoms. The molecule has 7 nitrogen and oxygen atoms in total. The van der Waals surface area contributed by atoms with E-state index in [1.54, 1.807) is 6.20 Å². The maximum atomic E-state index is 12.4. The molecular weight excluding hydrogens is 370 g/mol. The van der Waals surface area contributed by atoms with Crippen LogP contribution in [0.2, 0.25) is 0 Å². The Balaban J connectivity index is 1.61. The third kappa shape index (κ3) is 4.61. The van der Waals surface area contributed by atoms with Crippen molar-refractivity contribution in [3.8, 4) is 5.75 Å². The van der Waals surface area contributed by atoms with Gasteiger partial charge in [0.05, 0.1) is 5.25 Å². The van der Waals surface area contributed by atoms with E-state index in [1.165, 1.54) is 23.1 Å². The molecule has 1 amide bonds. The lowest BCUT2D eigenvalue weighted by Crippen LogP contribution is -2.25. The Morgan fingerprint density at radius 2 is 2.15 bits per heavy atom. The summed E-state index contributed by atoms with van der Waals surface area (Å²) in [6.45, 7) is 2.28. The monoisotopic (exact) mass is 389 g/mol. The van der Waals surface area contributed by atoms with Gasteiger partial charge >= 0.3 is 0 Å². The molecule has 136 valence electrons. The Morgan fingerprint density at radius 3 is 2.85 bits per heavy atom. The van der Waals surface area contributed by atoms with E-state index in [-0.39, 0.29) is 11.2 Å². The van der Waals surface area contributed by atoms with Crippen molar-refractivity contribution in [1.29, 1.82) is 0 Å². The topological polar surface area (TPSA) is 81.9 Å². The first-order valence-corrected chi connectivity index (χ1v) is 9.86. The molecular formula is C17H19N5O2S2. The highest BCUT2D eigenvalue weighted by Gasteiger charge is 2.22. The van der Waals surface area contributed by atoms with Crippen LogP contribution in [0.15, 0.2) is 47.1 Å². The van der Waals surface area contributed by atoms with Gasteiger partial charge in [0.25, 0.3) is 0 Å². The number of hydrogen-bond donors (Lipinski definition) is 1. The molecule has 26 heavy (non-hydrogen) atoms. The summed E-state index contributed by atoms with van der Waals surface area (Å²) in [6.07, 6.45) is 2.33. The normalized spacial score (nSPS) is 11.9. The highest BCUT2D eigenvalue weighted by Crippen LogP contribution is 2.25. The summed E-state index contributed by atoms with van der Waals surface area (Å²) in [6, 6.07) is 9.55. The van der Waals surface area contributed by atoms with Gasteiger partial charge in [0, 0.05) is 18.6 Å². The van der Waals surface area contributed by atoms with E-state index >= 15 is 0 Å². The van der Waals surface area contributed by atoms with Gasteiger partial charge in [0.2, 0.25) is 5.91 Å². The number of thiazole rings is 1. The maximum absolute atomic E-state index is 12.4. The highest BCUT2D eigenvalue weighted by atomic mass is 32.2. The largest absolute Gasteiger partial charge is 0.486 e. The lowest BCUT2D eigenvalue weighted by atomic mass is 10.3. The molecule has 0 saturated heterocycles. The summed E-state index contributed by atoms with van der Waals surface area (Å²) in [5.41, 5.74) is 0. The number of ether oxygens (including phenoxy) is 1. The van der Waals surface area contributed by atoms with Gasteiger partial charge in [-0.3, -0.25) is 4.79 Å². The van der Waals surface area contributed by atoms with Crippen molar-refractivity contribution in [2.75, 3.05) is 5.32 Å². The van der Waals surface area contributed by atoms with E-state index in [9.17, 15) is 4.79 Å². The Labute approximate surface area is 159 Å². The molecule has 1 N–H and O–H groups in total. The minimum atomic E-state index is -0.273. The number of aromatic nitrogens is 4. The Kier molecular flexibility index (Phi) is 6.24. The van der Waals surface area contributed by atoms with E-state index in [0.29, 0.717) is 29.1 Å². The fourth-order valence-electron chi connectivity index (χ4n) is 2.16. The number of carbonyl (C=O) groups is 1. The van der Waals surface area contributed by atoms with E-state index in [2.05, 4.69) is 20.5 Å². The van der Waals surface area contributed by atoms with Crippen molar-refractivity contribution >= 4 is 34.1 Å². The number of rotatable bonds is 8. The Morgan fingerprint density at radius 1 is 1.35 bits per heavy atom. The smallest absolute Gasteiger partial charge is 0.239 e. The number of para-hydroxylation sites is 1. The van der Waals surface area contributed by atoms with E-state index in [4.69, 9.17) is 4.74 Å². The van der Waals surface area contributed by atoms with Crippen LogP contribution >= 0.6 is 23.1 Å². The second kappa shape index (κ2) is 8.81. The molecule has 0 aliphatic heterocycles. The van der Waals surface area contributed by atoms with Gasteiger partial charge in [0.1, 0.15) is 12.4 Å². The van der Waals surface area contributed by atoms with Crippen molar-refractivity contribution in [3.05, 3.63) is 47.7 Å². The minimum Gasteiger partial charge on any atom is -0.486 e. The number of carbonyl (C=O) groups excluding carboxylic acids is 1. The summed E-state index contributed by atoms with van der Waals surface area (Å²) in [5, 5.41) is 14.0. The molecule has 3 aromatic rings. The number of amides is 1. The second-order valence-electron chi connectivity index (χ2n) is 5.40. The Hall–Kier alpha value is -2.39. The number of nitrogens with zero attached hydrogens (tertiary/aromatic N) is 4. The van der Waals surface area contributed by atoms with Gasteiger partial charge in [-0.15, -0.1) is 21.5 Å². The SMILES string of the molecule is CC[C@H](Sc1nnc(COc2ccccc2)n1C)C(=O)Nc1nccs1. The summed E-state index contributed by atoms with van der Waals surface area (Å²) >= 11 is 2.78. The summed E-state index contributed by atoms with van der Waals surface area (Å²) in [7, 11) is 1.87. The Bertz CT molecular complexity index is 836. The van der Waals surface area contributed by atoms with Gasteiger partial charge in [-0.1, -0.05) is 36.9 Å². The van der Waals surface area contributed by atoms with E-state index in [1.807, 2.05) is 54.3 Å². The first-order valence-electron chi connectivity index (χ1n) is 8.10. The highest BCUT2D eigenvalue weighted by molar-refractivity contribution is 8.00. The lowest BCUT2D eigenvalue weighted by molar-refractivity contribution is -0.115. The van der Waals surface area contributed by atoms with Crippen LogP contribution in [0.4, 0.5) is 5.13 Å². The van der Waals surface area contributed by atoms with Crippen LogP contribution in [0.1, 0.15) is 19.2 Å². The molecule has 0 aliphatic rings. The average Bonchev–Trinajstić information content (AvgIpc) is 3.29. The van der Waals surface area contributed by atoms with E-state index in [0.717, 1.165) is 5.75 Å². The van der Waals surface area contributed by atoms with Gasteiger partial charge in [-0.05, 0) is 18.6 Å². The average molecular weight is 390 g/mol. The van der Waals surface area contributed by atoms with Crippen molar-refractivity contribution in [3.63, 3.8) is 0 Å². The lowest BCUT2D eigenvalue weighted by Gasteiger charge is -2.13. The number of benzene rings is 1. The molecule has 2 heterocycles. The van der Waals surface area contributed by atoms with Crippen LogP contribution in [0, 0.1) is 0 Å². The first kappa shape index (κ1) is 18.4. The van der Waals surface area contributed by atoms with Gasteiger partial charge in [-0.25, -0.2) is 4.98 Å². The fourth-order valence-corrected chi connectivity index (χ4v) is 3.63. The summed E-state index contributed by atoms with van der Waals surface area (Å²) < 4.78 is 7.57. The molecule has 0 radical (unpaired) electrons. The van der Waals surface area contributed by atoms with Crippen LogP contribution < -0.4 is 10.1 Å². The van der Waals surface area contributed by atoms with Crippen LogP contribution in [0.5, 0.6) is 5.75 Å². The number of hydrogen-bond acceptors (Lipinski definition) is 7. The molecule has 3 rings (SSSR count).